The summed E-state index contributed by atoms with van der Waals surface area (Å²) in [4.78, 5) is 27.1. The van der Waals surface area contributed by atoms with E-state index in [0.29, 0.717) is 28.7 Å². The zero-order valence-electron chi connectivity index (χ0n) is 17.2. The minimum Gasteiger partial charge on any atom is -0.495 e. The molecule has 1 saturated heterocycles. The average Bonchev–Trinajstić information content (AvgIpc) is 3.06. The van der Waals surface area contributed by atoms with Crippen LogP contribution in [0.5, 0.6) is 11.5 Å². The number of rotatable bonds is 6. The first-order chi connectivity index (χ1) is 15.1. The van der Waals surface area contributed by atoms with Crippen LogP contribution in [0.3, 0.4) is 0 Å². The molecule has 2 amide bonds. The van der Waals surface area contributed by atoms with Crippen molar-refractivity contribution in [3.63, 3.8) is 0 Å². The van der Waals surface area contributed by atoms with Gasteiger partial charge in [0.25, 0.3) is 11.1 Å². The number of methoxy groups -OCH3 is 1. The van der Waals surface area contributed by atoms with Gasteiger partial charge in [0.2, 0.25) is 0 Å². The van der Waals surface area contributed by atoms with Crippen molar-refractivity contribution in [2.75, 3.05) is 12.0 Å². The van der Waals surface area contributed by atoms with Crippen LogP contribution in [-0.4, -0.2) is 18.3 Å². The molecule has 31 heavy (non-hydrogen) atoms. The van der Waals surface area contributed by atoms with E-state index >= 15 is 0 Å². The van der Waals surface area contributed by atoms with Crippen molar-refractivity contribution >= 4 is 34.7 Å². The second kappa shape index (κ2) is 9.10. The van der Waals surface area contributed by atoms with Gasteiger partial charge in [0, 0.05) is 5.56 Å². The number of hydrogen-bond donors (Lipinski definition) is 0. The van der Waals surface area contributed by atoms with Crippen LogP contribution in [0.1, 0.15) is 16.7 Å². The molecule has 0 aromatic heterocycles. The Morgan fingerprint density at radius 3 is 2.32 bits per heavy atom. The van der Waals surface area contributed by atoms with E-state index in [1.54, 1.807) is 30.3 Å². The number of aryl methyl sites for hydroxylation is 1. The second-order valence-electron chi connectivity index (χ2n) is 7.00. The molecule has 156 valence electrons. The molecule has 0 bridgehead atoms. The highest BCUT2D eigenvalue weighted by atomic mass is 32.2. The van der Waals surface area contributed by atoms with E-state index in [1.165, 1.54) is 12.7 Å². The van der Waals surface area contributed by atoms with Crippen LogP contribution < -0.4 is 14.4 Å². The predicted octanol–water partition coefficient (Wildman–Crippen LogP) is 5.82. The number of nitrogens with zero attached hydrogens (tertiary/aromatic N) is 1. The fourth-order valence-corrected chi connectivity index (χ4v) is 4.03. The summed E-state index contributed by atoms with van der Waals surface area (Å²) >= 11 is 0.903. The normalized spacial score (nSPS) is 14.9. The Balaban J connectivity index is 1.58. The first kappa shape index (κ1) is 20.8. The number of para-hydroxylation sites is 3. The lowest BCUT2D eigenvalue weighted by Gasteiger charge is -2.15. The Labute approximate surface area is 185 Å². The fourth-order valence-electron chi connectivity index (χ4n) is 3.21. The van der Waals surface area contributed by atoms with Gasteiger partial charge in [-0.1, -0.05) is 60.2 Å². The third kappa shape index (κ3) is 4.49. The molecule has 3 aromatic rings. The minimum atomic E-state index is -0.382. The van der Waals surface area contributed by atoms with Crippen molar-refractivity contribution in [2.24, 2.45) is 0 Å². The number of amides is 2. The molecule has 1 heterocycles. The average molecular weight is 432 g/mol. The Morgan fingerprint density at radius 1 is 0.903 bits per heavy atom. The summed E-state index contributed by atoms with van der Waals surface area (Å²) in [6.07, 6.45) is 1.70. The second-order valence-corrected chi connectivity index (χ2v) is 7.99. The van der Waals surface area contributed by atoms with Gasteiger partial charge in [-0.05, 0) is 48.5 Å². The molecule has 0 unspecified atom stereocenters. The van der Waals surface area contributed by atoms with Crippen LogP contribution in [0.2, 0.25) is 0 Å². The van der Waals surface area contributed by atoms with E-state index in [1.807, 2.05) is 55.5 Å². The van der Waals surface area contributed by atoms with Crippen LogP contribution in [0.4, 0.5) is 10.5 Å². The van der Waals surface area contributed by atoms with Gasteiger partial charge in [0.15, 0.2) is 0 Å². The van der Waals surface area contributed by atoms with Gasteiger partial charge >= 0.3 is 0 Å². The molecule has 0 spiro atoms. The number of hydrogen-bond acceptors (Lipinski definition) is 5. The molecule has 0 atom stereocenters. The molecule has 1 fully saturated rings. The number of thioether (sulfide) groups is 1. The molecule has 4 rings (SSSR count). The minimum absolute atomic E-state index is 0.335. The number of anilines is 1. The molecule has 1 aliphatic heterocycles. The molecular weight excluding hydrogens is 410 g/mol. The SMILES string of the molecule is COc1ccccc1N1C(=O)S/C(=C\c2ccccc2OCc2ccc(C)cc2)C1=O. The zero-order valence-corrected chi connectivity index (χ0v) is 18.0. The van der Waals surface area contributed by atoms with Gasteiger partial charge in [-0.3, -0.25) is 9.59 Å². The molecule has 6 heteroatoms. The molecule has 1 aliphatic rings. The Hall–Kier alpha value is -3.51. The third-order valence-electron chi connectivity index (χ3n) is 4.84. The maximum Gasteiger partial charge on any atom is 0.298 e. The van der Waals surface area contributed by atoms with Crippen molar-refractivity contribution in [1.29, 1.82) is 0 Å². The molecular formula is C25H21NO4S. The van der Waals surface area contributed by atoms with Crippen LogP contribution in [0.25, 0.3) is 6.08 Å². The van der Waals surface area contributed by atoms with Crippen LogP contribution in [-0.2, 0) is 11.4 Å². The van der Waals surface area contributed by atoms with Gasteiger partial charge in [0.1, 0.15) is 18.1 Å². The van der Waals surface area contributed by atoms with Crippen molar-refractivity contribution in [3.05, 3.63) is 94.4 Å². The topological polar surface area (TPSA) is 55.8 Å². The summed E-state index contributed by atoms with van der Waals surface area (Å²) in [7, 11) is 1.51. The van der Waals surface area contributed by atoms with Crippen molar-refractivity contribution < 1.29 is 19.1 Å². The van der Waals surface area contributed by atoms with Gasteiger partial charge in [0.05, 0.1) is 17.7 Å². The first-order valence-electron chi connectivity index (χ1n) is 9.75. The Morgan fingerprint density at radius 2 is 1.58 bits per heavy atom. The predicted molar refractivity (Wildman–Crippen MR) is 123 cm³/mol. The summed E-state index contributed by atoms with van der Waals surface area (Å²) in [5, 5.41) is -0.362. The Kier molecular flexibility index (Phi) is 6.09. The first-order valence-corrected chi connectivity index (χ1v) is 10.6. The van der Waals surface area contributed by atoms with Gasteiger partial charge in [-0.25, -0.2) is 4.90 Å². The molecule has 0 radical (unpaired) electrons. The summed E-state index contributed by atoms with van der Waals surface area (Å²) < 4.78 is 11.3. The standard InChI is InChI=1S/C25H21NO4S/c1-17-11-13-18(14-12-17)16-30-21-9-5-3-7-19(21)15-23-24(27)26(25(28)31-23)20-8-4-6-10-22(20)29-2/h3-15H,16H2,1-2H3/b23-15-. The van der Waals surface area contributed by atoms with Crippen LogP contribution in [0, 0.1) is 6.92 Å². The number of benzene rings is 3. The zero-order chi connectivity index (χ0) is 21.8. The maximum atomic E-state index is 13.0. The van der Waals surface area contributed by atoms with Gasteiger partial charge in [-0.15, -0.1) is 0 Å². The van der Waals surface area contributed by atoms with E-state index in [4.69, 9.17) is 9.47 Å². The quantitative estimate of drug-likeness (QED) is 0.460. The lowest BCUT2D eigenvalue weighted by molar-refractivity contribution is -0.113. The third-order valence-corrected chi connectivity index (χ3v) is 5.71. The lowest BCUT2D eigenvalue weighted by atomic mass is 10.1. The van der Waals surface area contributed by atoms with Crippen molar-refractivity contribution in [1.82, 2.24) is 0 Å². The summed E-state index contributed by atoms with van der Waals surface area (Å²) in [6, 6.07) is 22.6. The number of carbonyl (C=O) groups excluding carboxylic acids is 2. The molecule has 0 N–H and O–H groups in total. The highest BCUT2D eigenvalue weighted by Crippen LogP contribution is 2.40. The molecule has 3 aromatic carbocycles. The summed E-state index contributed by atoms with van der Waals surface area (Å²) in [5.74, 6) is 0.730. The van der Waals surface area contributed by atoms with E-state index in [-0.39, 0.29) is 11.1 Å². The van der Waals surface area contributed by atoms with E-state index in [2.05, 4.69) is 0 Å². The number of imide groups is 1. The van der Waals surface area contributed by atoms with Gasteiger partial charge < -0.3 is 9.47 Å². The monoisotopic (exact) mass is 431 g/mol. The van der Waals surface area contributed by atoms with Crippen LogP contribution >= 0.6 is 11.8 Å². The highest BCUT2D eigenvalue weighted by molar-refractivity contribution is 8.19. The fraction of sp³-hybridized carbons (Fsp3) is 0.120. The van der Waals surface area contributed by atoms with Crippen molar-refractivity contribution in [3.8, 4) is 11.5 Å². The maximum absolute atomic E-state index is 13.0. The van der Waals surface area contributed by atoms with Gasteiger partial charge in [-0.2, -0.15) is 0 Å². The highest BCUT2D eigenvalue weighted by Gasteiger charge is 2.37. The number of carbonyl (C=O) groups is 2. The van der Waals surface area contributed by atoms with Crippen LogP contribution in [0.15, 0.2) is 77.7 Å². The van der Waals surface area contributed by atoms with E-state index in [9.17, 15) is 9.59 Å². The number of ether oxygens (including phenoxy) is 2. The lowest BCUT2D eigenvalue weighted by Crippen LogP contribution is -2.28. The molecule has 0 saturated carbocycles. The largest absolute Gasteiger partial charge is 0.495 e. The molecule has 5 nitrogen and oxygen atoms in total. The van der Waals surface area contributed by atoms with E-state index < -0.39 is 0 Å². The smallest absolute Gasteiger partial charge is 0.298 e. The Bertz CT molecular complexity index is 1150. The summed E-state index contributed by atoms with van der Waals surface area (Å²) in [6.45, 7) is 2.45. The van der Waals surface area contributed by atoms with Crippen molar-refractivity contribution in [2.45, 2.75) is 13.5 Å². The summed E-state index contributed by atoms with van der Waals surface area (Å²) in [5.41, 5.74) is 3.41. The molecule has 0 aliphatic carbocycles. The van der Waals surface area contributed by atoms with E-state index in [0.717, 1.165) is 27.8 Å².